The third-order valence-corrected chi connectivity index (χ3v) is 4.13. The highest BCUT2D eigenvalue weighted by molar-refractivity contribution is 8.00. The fourth-order valence-electron chi connectivity index (χ4n) is 1.93. The first-order valence-corrected chi connectivity index (χ1v) is 8.25. The van der Waals surface area contributed by atoms with Gasteiger partial charge in [0, 0.05) is 11.0 Å². The number of allylic oxidation sites excluding steroid dienone is 1. The molecule has 0 saturated heterocycles. The highest BCUT2D eigenvalue weighted by Gasteiger charge is 2.11. The minimum Gasteiger partial charge on any atom is -0.493 e. The SMILES string of the molecule is COc1cc(/C=C\C#N)ccc1OC(=O)CSc1ccc(C)cc1. The average Bonchev–Trinajstić information content (AvgIpc) is 2.60. The van der Waals surface area contributed by atoms with Crippen LogP contribution in [-0.4, -0.2) is 18.8 Å². The number of carbonyl (C=O) groups excluding carboxylic acids is 1. The van der Waals surface area contributed by atoms with Gasteiger partial charge in [-0.25, -0.2) is 0 Å². The summed E-state index contributed by atoms with van der Waals surface area (Å²) in [5, 5.41) is 8.56. The first kappa shape index (κ1) is 17.6. The highest BCUT2D eigenvalue weighted by Crippen LogP contribution is 2.29. The maximum absolute atomic E-state index is 12.0. The Morgan fingerprint density at radius 2 is 1.96 bits per heavy atom. The van der Waals surface area contributed by atoms with Crippen LogP contribution in [-0.2, 0) is 4.79 Å². The molecule has 0 aliphatic carbocycles. The van der Waals surface area contributed by atoms with E-state index in [1.807, 2.05) is 37.3 Å². The lowest BCUT2D eigenvalue weighted by atomic mass is 10.2. The molecule has 24 heavy (non-hydrogen) atoms. The van der Waals surface area contributed by atoms with Gasteiger partial charge in [0.2, 0.25) is 0 Å². The van der Waals surface area contributed by atoms with Gasteiger partial charge in [-0.2, -0.15) is 5.26 Å². The van der Waals surface area contributed by atoms with Crippen LogP contribution in [0.2, 0.25) is 0 Å². The molecule has 2 aromatic carbocycles. The van der Waals surface area contributed by atoms with Crippen LogP contribution >= 0.6 is 11.8 Å². The van der Waals surface area contributed by atoms with E-state index in [1.165, 1.54) is 30.5 Å². The lowest BCUT2D eigenvalue weighted by molar-refractivity contribution is -0.131. The normalized spacial score (nSPS) is 10.4. The Hall–Kier alpha value is -2.71. The molecule has 0 spiro atoms. The fourth-order valence-corrected chi connectivity index (χ4v) is 2.61. The summed E-state index contributed by atoms with van der Waals surface area (Å²) >= 11 is 1.42. The maximum atomic E-state index is 12.0. The molecule has 0 heterocycles. The molecule has 2 aromatic rings. The molecule has 2 rings (SSSR count). The summed E-state index contributed by atoms with van der Waals surface area (Å²) in [6.45, 7) is 2.02. The van der Waals surface area contributed by atoms with Crippen LogP contribution in [0.3, 0.4) is 0 Å². The number of hydrogen-bond acceptors (Lipinski definition) is 5. The summed E-state index contributed by atoms with van der Waals surface area (Å²) in [6.07, 6.45) is 3.03. The zero-order chi connectivity index (χ0) is 17.4. The summed E-state index contributed by atoms with van der Waals surface area (Å²) < 4.78 is 10.6. The Morgan fingerprint density at radius 1 is 1.21 bits per heavy atom. The molecule has 122 valence electrons. The molecular weight excluding hydrogens is 322 g/mol. The van der Waals surface area contributed by atoms with Crippen molar-refractivity contribution in [2.75, 3.05) is 12.9 Å². The predicted molar refractivity (Wildman–Crippen MR) is 95.2 cm³/mol. The molecule has 0 aliphatic rings. The van der Waals surface area contributed by atoms with Crippen molar-refractivity contribution in [2.24, 2.45) is 0 Å². The zero-order valence-electron chi connectivity index (χ0n) is 13.5. The first-order valence-electron chi connectivity index (χ1n) is 7.26. The first-order chi connectivity index (χ1) is 11.6. The van der Waals surface area contributed by atoms with E-state index < -0.39 is 0 Å². The number of thioether (sulfide) groups is 1. The molecule has 0 fully saturated rings. The third-order valence-electron chi connectivity index (χ3n) is 3.14. The van der Waals surface area contributed by atoms with E-state index in [-0.39, 0.29) is 11.7 Å². The smallest absolute Gasteiger partial charge is 0.321 e. The number of nitrogens with zero attached hydrogens (tertiary/aromatic N) is 1. The third kappa shape index (κ3) is 5.18. The summed E-state index contributed by atoms with van der Waals surface area (Å²) in [4.78, 5) is 13.0. The van der Waals surface area contributed by atoms with Gasteiger partial charge in [0.15, 0.2) is 11.5 Å². The number of carbonyl (C=O) groups is 1. The number of benzene rings is 2. The van der Waals surface area contributed by atoms with Gasteiger partial charge in [-0.05, 0) is 42.8 Å². The van der Waals surface area contributed by atoms with Gasteiger partial charge in [0.05, 0.1) is 18.9 Å². The summed E-state index contributed by atoms with van der Waals surface area (Å²) in [7, 11) is 1.51. The lowest BCUT2D eigenvalue weighted by Crippen LogP contribution is -2.11. The van der Waals surface area contributed by atoms with Crippen molar-refractivity contribution in [3.63, 3.8) is 0 Å². The zero-order valence-corrected chi connectivity index (χ0v) is 14.3. The fraction of sp³-hybridized carbons (Fsp3) is 0.158. The number of esters is 1. The molecule has 0 bridgehead atoms. The van der Waals surface area contributed by atoms with Gasteiger partial charge in [-0.15, -0.1) is 11.8 Å². The topological polar surface area (TPSA) is 59.3 Å². The van der Waals surface area contributed by atoms with Gasteiger partial charge in [0.1, 0.15) is 0 Å². The minimum absolute atomic E-state index is 0.211. The van der Waals surface area contributed by atoms with E-state index in [4.69, 9.17) is 14.7 Å². The monoisotopic (exact) mass is 339 g/mol. The number of nitriles is 1. The molecule has 5 heteroatoms. The largest absolute Gasteiger partial charge is 0.493 e. The van der Waals surface area contributed by atoms with Crippen LogP contribution in [0.1, 0.15) is 11.1 Å². The predicted octanol–water partition coefficient (Wildman–Crippen LogP) is 4.24. The average molecular weight is 339 g/mol. The molecule has 0 atom stereocenters. The van der Waals surface area contributed by atoms with Crippen molar-refractivity contribution in [1.29, 1.82) is 5.26 Å². The van der Waals surface area contributed by atoms with E-state index >= 15 is 0 Å². The van der Waals surface area contributed by atoms with Crippen LogP contribution in [0.5, 0.6) is 11.5 Å². The van der Waals surface area contributed by atoms with Crippen molar-refractivity contribution in [3.8, 4) is 17.6 Å². The van der Waals surface area contributed by atoms with Crippen molar-refractivity contribution in [1.82, 2.24) is 0 Å². The van der Waals surface area contributed by atoms with Gasteiger partial charge in [0.25, 0.3) is 0 Å². The van der Waals surface area contributed by atoms with Crippen molar-refractivity contribution < 1.29 is 14.3 Å². The Kier molecular flexibility index (Phi) is 6.47. The van der Waals surface area contributed by atoms with Crippen molar-refractivity contribution in [3.05, 3.63) is 59.7 Å². The minimum atomic E-state index is -0.348. The maximum Gasteiger partial charge on any atom is 0.321 e. The van der Waals surface area contributed by atoms with Crippen LogP contribution in [0.15, 0.2) is 53.4 Å². The number of aryl methyl sites for hydroxylation is 1. The molecule has 0 amide bonds. The van der Waals surface area contributed by atoms with Gasteiger partial charge in [-0.3, -0.25) is 4.79 Å². The van der Waals surface area contributed by atoms with Crippen molar-refractivity contribution in [2.45, 2.75) is 11.8 Å². The molecule has 0 aromatic heterocycles. The quantitative estimate of drug-likeness (QED) is 0.341. The second kappa shape index (κ2) is 8.80. The van der Waals surface area contributed by atoms with Crippen LogP contribution in [0, 0.1) is 18.3 Å². The Bertz CT molecular complexity index is 776. The summed E-state index contributed by atoms with van der Waals surface area (Å²) in [5.74, 6) is 0.673. The van der Waals surface area contributed by atoms with E-state index in [2.05, 4.69) is 0 Å². The van der Waals surface area contributed by atoms with E-state index in [0.29, 0.717) is 11.5 Å². The van der Waals surface area contributed by atoms with E-state index in [9.17, 15) is 4.79 Å². The standard InChI is InChI=1S/C19H17NO3S/c1-14-5-8-16(9-6-14)24-13-19(21)23-17-10-7-15(4-3-11-20)12-18(17)22-2/h3-10,12H,13H2,1-2H3/b4-3-. The molecular formula is C19H17NO3S. The van der Waals surface area contributed by atoms with Crippen LogP contribution in [0.4, 0.5) is 0 Å². The van der Waals surface area contributed by atoms with Gasteiger partial charge in [-0.1, -0.05) is 23.8 Å². The molecule has 0 radical (unpaired) electrons. The number of ether oxygens (including phenoxy) is 2. The molecule has 0 aliphatic heterocycles. The Labute approximate surface area is 145 Å². The van der Waals surface area contributed by atoms with Crippen molar-refractivity contribution >= 4 is 23.8 Å². The van der Waals surface area contributed by atoms with E-state index in [1.54, 1.807) is 24.3 Å². The number of rotatable bonds is 6. The Morgan fingerprint density at radius 3 is 2.62 bits per heavy atom. The van der Waals surface area contributed by atoms with Crippen LogP contribution in [0.25, 0.3) is 6.08 Å². The second-order valence-corrected chi connectivity index (χ2v) is 6.00. The van der Waals surface area contributed by atoms with Gasteiger partial charge >= 0.3 is 5.97 Å². The van der Waals surface area contributed by atoms with E-state index in [0.717, 1.165) is 10.5 Å². The lowest BCUT2D eigenvalue weighted by Gasteiger charge is -2.10. The van der Waals surface area contributed by atoms with Crippen LogP contribution < -0.4 is 9.47 Å². The molecule has 0 unspecified atom stereocenters. The summed E-state index contributed by atoms with van der Waals surface area (Å²) in [5.41, 5.74) is 1.97. The highest BCUT2D eigenvalue weighted by atomic mass is 32.2. The summed E-state index contributed by atoms with van der Waals surface area (Å²) in [6, 6.07) is 15.0. The van der Waals surface area contributed by atoms with Gasteiger partial charge < -0.3 is 9.47 Å². The number of hydrogen-bond donors (Lipinski definition) is 0. The molecule has 4 nitrogen and oxygen atoms in total. The number of methoxy groups -OCH3 is 1. The Balaban J connectivity index is 1.99. The molecule has 0 N–H and O–H groups in total. The molecule has 0 saturated carbocycles. The second-order valence-electron chi connectivity index (χ2n) is 4.95.